The van der Waals surface area contributed by atoms with Gasteiger partial charge in [0.1, 0.15) is 6.29 Å². The Kier molecular flexibility index (Phi) is 5.40. The zero-order valence-electron chi connectivity index (χ0n) is 16.0. The molecule has 1 aliphatic heterocycles. The molecule has 0 amide bonds. The van der Waals surface area contributed by atoms with Gasteiger partial charge >= 0.3 is 6.18 Å². The van der Waals surface area contributed by atoms with Crippen molar-refractivity contribution in [3.05, 3.63) is 59.3 Å². The van der Waals surface area contributed by atoms with Crippen molar-refractivity contribution in [1.82, 2.24) is 9.88 Å². The molecule has 158 valence electrons. The van der Waals surface area contributed by atoms with Gasteiger partial charge in [-0.05, 0) is 53.9 Å². The molecule has 1 fully saturated rings. The molecule has 2 unspecified atom stereocenters. The number of hydrogen-bond donors (Lipinski definition) is 3. The molecule has 4 rings (SSSR count). The van der Waals surface area contributed by atoms with Crippen molar-refractivity contribution in [2.75, 3.05) is 13.2 Å². The van der Waals surface area contributed by atoms with Crippen molar-refractivity contribution in [2.24, 2.45) is 0 Å². The Hall–Kier alpha value is -2.68. The number of aliphatic hydroxyl groups is 2. The number of nitrogens with one attached hydrogen (secondary N) is 1. The number of aromatic amines is 1. The van der Waals surface area contributed by atoms with Crippen LogP contribution in [0.15, 0.2) is 42.5 Å². The van der Waals surface area contributed by atoms with E-state index in [2.05, 4.69) is 4.98 Å². The summed E-state index contributed by atoms with van der Waals surface area (Å²) in [5, 5.41) is 20.2. The Labute approximate surface area is 170 Å². The normalized spacial score (nSPS) is 20.2. The Morgan fingerprint density at radius 1 is 1.13 bits per heavy atom. The highest BCUT2D eigenvalue weighted by Crippen LogP contribution is 2.34. The highest BCUT2D eigenvalue weighted by Gasteiger charge is 2.32. The maximum Gasteiger partial charge on any atom is 0.416 e. The molecule has 3 N–H and O–H groups in total. The van der Waals surface area contributed by atoms with E-state index in [-0.39, 0.29) is 18.2 Å². The van der Waals surface area contributed by atoms with Crippen LogP contribution >= 0.6 is 0 Å². The molecule has 5 nitrogen and oxygen atoms in total. The van der Waals surface area contributed by atoms with Crippen LogP contribution in [0, 0.1) is 0 Å². The van der Waals surface area contributed by atoms with Gasteiger partial charge in [-0.25, -0.2) is 0 Å². The summed E-state index contributed by atoms with van der Waals surface area (Å²) in [7, 11) is 0. The van der Waals surface area contributed by atoms with E-state index >= 15 is 0 Å². The number of hydrogen-bond acceptors (Lipinski definition) is 4. The van der Waals surface area contributed by atoms with Crippen LogP contribution < -0.4 is 0 Å². The summed E-state index contributed by atoms with van der Waals surface area (Å²) in [5.74, 6) is 0. The maximum absolute atomic E-state index is 13.2. The third-order valence-corrected chi connectivity index (χ3v) is 5.52. The van der Waals surface area contributed by atoms with E-state index in [1.807, 2.05) is 11.0 Å². The van der Waals surface area contributed by atoms with Crippen molar-refractivity contribution in [3.8, 4) is 11.1 Å². The first-order valence-corrected chi connectivity index (χ1v) is 9.59. The number of aromatic nitrogens is 1. The van der Waals surface area contributed by atoms with E-state index < -0.39 is 17.8 Å². The van der Waals surface area contributed by atoms with Gasteiger partial charge < -0.3 is 15.2 Å². The zero-order valence-corrected chi connectivity index (χ0v) is 16.0. The molecule has 1 saturated heterocycles. The topological polar surface area (TPSA) is 76.6 Å². The summed E-state index contributed by atoms with van der Waals surface area (Å²) < 4.78 is 39.5. The number of aldehydes is 1. The van der Waals surface area contributed by atoms with Gasteiger partial charge in [0.25, 0.3) is 0 Å². The lowest BCUT2D eigenvalue weighted by molar-refractivity contribution is -0.137. The second kappa shape index (κ2) is 7.86. The number of benzene rings is 2. The Morgan fingerprint density at radius 2 is 1.93 bits per heavy atom. The first kappa shape index (κ1) is 20.6. The number of likely N-dealkylation sites (tertiary alicyclic amines) is 1. The Bertz CT molecular complexity index is 1080. The van der Waals surface area contributed by atoms with E-state index in [9.17, 15) is 28.2 Å². The number of carbonyl (C=O) groups is 1. The fourth-order valence-corrected chi connectivity index (χ4v) is 4.07. The fraction of sp³-hybridized carbons (Fsp3) is 0.318. The predicted octanol–water partition coefficient (Wildman–Crippen LogP) is 3.59. The second-order valence-electron chi connectivity index (χ2n) is 7.71. The lowest BCUT2D eigenvalue weighted by atomic mass is 9.99. The SMILES string of the molecule is O=Cc1cc(-c2ccc3[nH]c(CN4CC(O)CC4CO)cc3c2)cc(C(F)(F)F)c1. The number of H-pyrrole nitrogens is 1. The van der Waals surface area contributed by atoms with Crippen molar-refractivity contribution >= 4 is 17.2 Å². The molecule has 30 heavy (non-hydrogen) atoms. The number of halogens is 3. The number of nitrogens with zero attached hydrogens (tertiary/aromatic N) is 1. The van der Waals surface area contributed by atoms with Gasteiger partial charge in [0.15, 0.2) is 0 Å². The molecule has 8 heteroatoms. The summed E-state index contributed by atoms with van der Waals surface area (Å²) >= 11 is 0. The standard InChI is InChI=1S/C22H21F3N2O3/c23-22(24,25)17-4-13(11-28)3-15(6-17)14-1-2-21-16(5-14)7-18(26-21)9-27-10-20(30)8-19(27)12-29/h1-7,11,19-20,26,29-30H,8-10,12H2. The first-order chi connectivity index (χ1) is 14.3. The summed E-state index contributed by atoms with van der Waals surface area (Å²) in [6.45, 7) is 0.964. The molecular weight excluding hydrogens is 397 g/mol. The highest BCUT2D eigenvalue weighted by molar-refractivity contribution is 5.87. The molecule has 1 aromatic heterocycles. The van der Waals surface area contributed by atoms with Gasteiger partial charge in [-0.15, -0.1) is 0 Å². The van der Waals surface area contributed by atoms with Gasteiger partial charge in [0, 0.05) is 41.3 Å². The molecule has 0 spiro atoms. The Balaban J connectivity index is 1.65. The third-order valence-electron chi connectivity index (χ3n) is 5.52. The number of alkyl halides is 3. The molecule has 2 aromatic carbocycles. The summed E-state index contributed by atoms with van der Waals surface area (Å²) in [5.41, 5.74) is 1.72. The van der Waals surface area contributed by atoms with Gasteiger partial charge in [0.05, 0.1) is 18.3 Å². The van der Waals surface area contributed by atoms with Gasteiger partial charge in [0.2, 0.25) is 0 Å². The molecule has 0 bridgehead atoms. The summed E-state index contributed by atoms with van der Waals surface area (Å²) in [6.07, 6.45) is -4.07. The van der Waals surface area contributed by atoms with Crippen molar-refractivity contribution in [2.45, 2.75) is 31.3 Å². The number of rotatable bonds is 5. The lowest BCUT2D eigenvalue weighted by Crippen LogP contribution is -2.31. The molecule has 1 aliphatic rings. The molecule has 0 aliphatic carbocycles. The monoisotopic (exact) mass is 418 g/mol. The van der Waals surface area contributed by atoms with Crippen molar-refractivity contribution < 1.29 is 28.2 Å². The Morgan fingerprint density at radius 3 is 2.63 bits per heavy atom. The van der Waals surface area contributed by atoms with Gasteiger partial charge in [-0.1, -0.05) is 6.07 Å². The van der Waals surface area contributed by atoms with Crippen LogP contribution in [0.25, 0.3) is 22.0 Å². The van der Waals surface area contributed by atoms with E-state index in [4.69, 9.17) is 0 Å². The molecule has 2 atom stereocenters. The van der Waals surface area contributed by atoms with Crippen LogP contribution in [0.1, 0.15) is 28.0 Å². The minimum Gasteiger partial charge on any atom is -0.395 e. The number of fused-ring (bicyclic) bond motifs is 1. The maximum atomic E-state index is 13.2. The number of aliphatic hydroxyl groups excluding tert-OH is 2. The summed E-state index contributed by atoms with van der Waals surface area (Å²) in [6, 6.07) is 10.4. The predicted molar refractivity (Wildman–Crippen MR) is 106 cm³/mol. The molecule has 2 heterocycles. The van der Waals surface area contributed by atoms with Crippen LogP contribution in [0.4, 0.5) is 13.2 Å². The molecule has 0 radical (unpaired) electrons. The molecule has 3 aromatic rings. The van der Waals surface area contributed by atoms with E-state index in [1.165, 1.54) is 6.07 Å². The van der Waals surface area contributed by atoms with Crippen LogP contribution in [-0.2, 0) is 12.7 Å². The van der Waals surface area contributed by atoms with Gasteiger partial charge in [-0.3, -0.25) is 9.69 Å². The number of β-amino-alcohol motifs (C(OH)–C–C–N with tert-alkyl or cyclic N) is 1. The average molecular weight is 418 g/mol. The fourth-order valence-electron chi connectivity index (χ4n) is 4.07. The van der Waals surface area contributed by atoms with Gasteiger partial charge in [-0.2, -0.15) is 13.2 Å². The van der Waals surface area contributed by atoms with Crippen LogP contribution in [0.3, 0.4) is 0 Å². The quantitative estimate of drug-likeness (QED) is 0.554. The van der Waals surface area contributed by atoms with Crippen LogP contribution in [0.2, 0.25) is 0 Å². The minimum absolute atomic E-state index is 0.0303. The lowest BCUT2D eigenvalue weighted by Gasteiger charge is -2.21. The van der Waals surface area contributed by atoms with E-state index in [0.717, 1.165) is 28.7 Å². The molecular formula is C22H21F3N2O3. The second-order valence-corrected chi connectivity index (χ2v) is 7.71. The zero-order chi connectivity index (χ0) is 21.5. The van der Waals surface area contributed by atoms with E-state index in [0.29, 0.717) is 36.9 Å². The molecule has 0 saturated carbocycles. The largest absolute Gasteiger partial charge is 0.416 e. The smallest absolute Gasteiger partial charge is 0.395 e. The highest BCUT2D eigenvalue weighted by atomic mass is 19.4. The first-order valence-electron chi connectivity index (χ1n) is 9.59. The van der Waals surface area contributed by atoms with Crippen LogP contribution in [-0.4, -0.2) is 51.7 Å². The van der Waals surface area contributed by atoms with Crippen molar-refractivity contribution in [3.63, 3.8) is 0 Å². The van der Waals surface area contributed by atoms with Crippen molar-refractivity contribution in [1.29, 1.82) is 0 Å². The average Bonchev–Trinajstić information content (AvgIpc) is 3.28. The van der Waals surface area contributed by atoms with E-state index in [1.54, 1.807) is 18.2 Å². The number of carbonyl (C=O) groups excluding carboxylic acids is 1. The third kappa shape index (κ3) is 4.12. The minimum atomic E-state index is -4.54. The summed E-state index contributed by atoms with van der Waals surface area (Å²) in [4.78, 5) is 16.4. The van der Waals surface area contributed by atoms with Crippen LogP contribution in [0.5, 0.6) is 0 Å².